The SMILES string of the molecule is NC(=O)Cc1cccc2ccccc12.[H-].[K+]. The number of hydrogen-bond acceptors (Lipinski definition) is 1. The molecule has 0 aliphatic heterocycles. The van der Waals surface area contributed by atoms with E-state index in [1.165, 1.54) is 0 Å². The molecule has 2 aromatic carbocycles. The fourth-order valence-electron chi connectivity index (χ4n) is 1.63. The molecule has 2 N–H and O–H groups in total. The third-order valence-corrected chi connectivity index (χ3v) is 2.24. The molecule has 1 amide bonds. The van der Waals surface area contributed by atoms with Crippen LogP contribution in [-0.4, -0.2) is 5.91 Å². The van der Waals surface area contributed by atoms with Crippen LogP contribution in [0.25, 0.3) is 10.8 Å². The van der Waals surface area contributed by atoms with Gasteiger partial charge in [0, 0.05) is 0 Å². The fraction of sp³-hybridized carbons (Fsp3) is 0.0833. The Morgan fingerprint density at radius 3 is 2.53 bits per heavy atom. The van der Waals surface area contributed by atoms with Gasteiger partial charge in [-0.25, -0.2) is 0 Å². The largest absolute Gasteiger partial charge is 1.00 e. The van der Waals surface area contributed by atoms with Gasteiger partial charge < -0.3 is 7.16 Å². The summed E-state index contributed by atoms with van der Waals surface area (Å²) in [6.45, 7) is 0. The van der Waals surface area contributed by atoms with Gasteiger partial charge >= 0.3 is 51.4 Å². The van der Waals surface area contributed by atoms with Crippen LogP contribution in [0.5, 0.6) is 0 Å². The van der Waals surface area contributed by atoms with E-state index in [1.54, 1.807) is 0 Å². The van der Waals surface area contributed by atoms with Gasteiger partial charge in [0.05, 0.1) is 6.42 Å². The van der Waals surface area contributed by atoms with Crippen molar-refractivity contribution in [3.05, 3.63) is 48.0 Å². The molecule has 0 radical (unpaired) electrons. The third kappa shape index (κ3) is 3.13. The first kappa shape index (κ1) is 12.9. The molecule has 15 heavy (non-hydrogen) atoms. The summed E-state index contributed by atoms with van der Waals surface area (Å²) in [4.78, 5) is 10.8. The zero-order chi connectivity index (χ0) is 9.97. The van der Waals surface area contributed by atoms with Gasteiger partial charge in [-0.2, -0.15) is 0 Å². The van der Waals surface area contributed by atoms with Crippen LogP contribution in [0.2, 0.25) is 0 Å². The van der Waals surface area contributed by atoms with Crippen LogP contribution in [-0.2, 0) is 11.2 Å². The molecular weight excluding hydrogens is 213 g/mol. The van der Waals surface area contributed by atoms with Gasteiger partial charge in [-0.1, -0.05) is 42.5 Å². The number of benzene rings is 2. The molecule has 0 aliphatic carbocycles. The van der Waals surface area contributed by atoms with Crippen molar-refractivity contribution in [1.29, 1.82) is 0 Å². The Bertz CT molecular complexity index is 482. The minimum Gasteiger partial charge on any atom is -1.00 e. The van der Waals surface area contributed by atoms with E-state index < -0.39 is 0 Å². The van der Waals surface area contributed by atoms with Gasteiger partial charge in [0.2, 0.25) is 5.91 Å². The number of amides is 1. The number of primary amides is 1. The summed E-state index contributed by atoms with van der Waals surface area (Å²) in [5.41, 5.74) is 6.17. The van der Waals surface area contributed by atoms with Crippen LogP contribution in [0.15, 0.2) is 42.5 Å². The Morgan fingerprint density at radius 1 is 1.13 bits per heavy atom. The average Bonchev–Trinajstić information content (AvgIpc) is 2.18. The predicted molar refractivity (Wildman–Crippen MR) is 58.0 cm³/mol. The van der Waals surface area contributed by atoms with Crippen molar-refractivity contribution >= 4 is 16.7 Å². The van der Waals surface area contributed by atoms with E-state index in [4.69, 9.17) is 5.73 Å². The van der Waals surface area contributed by atoms with Crippen LogP contribution < -0.4 is 57.1 Å². The zero-order valence-corrected chi connectivity index (χ0v) is 11.9. The number of rotatable bonds is 2. The van der Waals surface area contributed by atoms with Crippen molar-refractivity contribution in [2.24, 2.45) is 5.73 Å². The molecule has 0 saturated heterocycles. The minimum absolute atomic E-state index is 0. The molecule has 0 bridgehead atoms. The topological polar surface area (TPSA) is 43.1 Å². The van der Waals surface area contributed by atoms with Gasteiger partial charge in [-0.3, -0.25) is 4.79 Å². The van der Waals surface area contributed by atoms with E-state index in [1.807, 2.05) is 42.5 Å². The summed E-state index contributed by atoms with van der Waals surface area (Å²) in [5, 5.41) is 2.25. The van der Waals surface area contributed by atoms with E-state index in [9.17, 15) is 4.79 Å². The molecule has 0 atom stereocenters. The summed E-state index contributed by atoms with van der Waals surface area (Å²) >= 11 is 0. The maximum absolute atomic E-state index is 10.8. The quantitative estimate of drug-likeness (QED) is 0.654. The molecule has 0 saturated carbocycles. The van der Waals surface area contributed by atoms with Crippen molar-refractivity contribution in [2.45, 2.75) is 6.42 Å². The molecule has 2 aromatic rings. The van der Waals surface area contributed by atoms with Gasteiger partial charge in [-0.15, -0.1) is 0 Å². The molecule has 0 aromatic heterocycles. The normalized spacial score (nSPS) is 9.60. The fourth-order valence-corrected chi connectivity index (χ4v) is 1.63. The molecular formula is C12H12KNO. The number of hydrogen-bond donors (Lipinski definition) is 1. The van der Waals surface area contributed by atoms with Crippen molar-refractivity contribution in [3.8, 4) is 0 Å². The Balaban J connectivity index is 0.00000112. The monoisotopic (exact) mass is 225 g/mol. The van der Waals surface area contributed by atoms with E-state index in [0.29, 0.717) is 6.42 Å². The Hall–Kier alpha value is -0.194. The number of carbonyl (C=O) groups is 1. The summed E-state index contributed by atoms with van der Waals surface area (Å²) < 4.78 is 0. The van der Waals surface area contributed by atoms with Crippen molar-refractivity contribution in [1.82, 2.24) is 0 Å². The molecule has 2 nitrogen and oxygen atoms in total. The second-order valence-electron chi connectivity index (χ2n) is 3.28. The Morgan fingerprint density at radius 2 is 1.80 bits per heavy atom. The van der Waals surface area contributed by atoms with E-state index in [2.05, 4.69) is 0 Å². The van der Waals surface area contributed by atoms with Gasteiger partial charge in [-0.05, 0) is 16.3 Å². The molecule has 3 heteroatoms. The minimum atomic E-state index is -0.290. The van der Waals surface area contributed by atoms with Crippen LogP contribution in [0.3, 0.4) is 0 Å². The summed E-state index contributed by atoms with van der Waals surface area (Å²) in [5.74, 6) is -0.290. The second kappa shape index (κ2) is 5.77. The first-order chi connectivity index (χ1) is 6.77. The van der Waals surface area contributed by atoms with Crippen LogP contribution in [0, 0.1) is 0 Å². The number of carbonyl (C=O) groups excluding carboxylic acids is 1. The van der Waals surface area contributed by atoms with Crippen molar-refractivity contribution < 1.29 is 57.6 Å². The molecule has 0 unspecified atom stereocenters. The number of nitrogens with two attached hydrogens (primary N) is 1. The van der Waals surface area contributed by atoms with Crippen molar-refractivity contribution in [2.75, 3.05) is 0 Å². The maximum atomic E-state index is 10.8. The van der Waals surface area contributed by atoms with Crippen LogP contribution in [0.1, 0.15) is 6.99 Å². The van der Waals surface area contributed by atoms with Gasteiger partial charge in [0.1, 0.15) is 0 Å². The van der Waals surface area contributed by atoms with Crippen LogP contribution >= 0.6 is 0 Å². The van der Waals surface area contributed by atoms with Crippen molar-refractivity contribution in [3.63, 3.8) is 0 Å². The molecule has 0 heterocycles. The molecule has 2 rings (SSSR count). The van der Waals surface area contributed by atoms with E-state index >= 15 is 0 Å². The molecule has 0 spiro atoms. The average molecular weight is 225 g/mol. The first-order valence-corrected chi connectivity index (χ1v) is 4.52. The van der Waals surface area contributed by atoms with Crippen LogP contribution in [0.4, 0.5) is 0 Å². The molecule has 72 valence electrons. The first-order valence-electron chi connectivity index (χ1n) is 4.52. The van der Waals surface area contributed by atoms with E-state index in [0.717, 1.165) is 16.3 Å². The summed E-state index contributed by atoms with van der Waals surface area (Å²) in [7, 11) is 0. The Labute approximate surface area is 133 Å². The number of fused-ring (bicyclic) bond motifs is 1. The molecule has 0 fully saturated rings. The standard InChI is InChI=1S/C12H11NO.K.H/c13-12(14)8-10-6-3-5-9-4-1-2-7-11(9)10;;/h1-7H,8H2,(H2,13,14);;/q;+1;-1. The summed E-state index contributed by atoms with van der Waals surface area (Å²) in [6, 6.07) is 13.9. The molecule has 0 aliphatic rings. The third-order valence-electron chi connectivity index (χ3n) is 2.24. The predicted octanol–water partition coefficient (Wildman–Crippen LogP) is -1.02. The second-order valence-corrected chi connectivity index (χ2v) is 3.28. The van der Waals surface area contributed by atoms with Gasteiger partial charge in [0.25, 0.3) is 0 Å². The van der Waals surface area contributed by atoms with E-state index in [-0.39, 0.29) is 58.7 Å². The smallest absolute Gasteiger partial charge is 1.00 e. The Kier molecular flexibility index (Phi) is 4.95. The zero-order valence-electron chi connectivity index (χ0n) is 9.73. The maximum Gasteiger partial charge on any atom is 1.00 e. The summed E-state index contributed by atoms with van der Waals surface area (Å²) in [6.07, 6.45) is 0.307. The van der Waals surface area contributed by atoms with Gasteiger partial charge in [0.15, 0.2) is 0 Å².